The number of aromatic carboxylic acids is 1. The van der Waals surface area contributed by atoms with E-state index in [1.807, 2.05) is 0 Å². The zero-order valence-corrected chi connectivity index (χ0v) is 14.3. The van der Waals surface area contributed by atoms with Crippen LogP contribution in [-0.2, 0) is 4.74 Å². The van der Waals surface area contributed by atoms with Crippen LogP contribution in [0, 0.1) is 0 Å². The summed E-state index contributed by atoms with van der Waals surface area (Å²) in [5, 5.41) is 12.5. The van der Waals surface area contributed by atoms with Crippen LogP contribution in [0.4, 0.5) is 5.95 Å². The molecule has 8 heteroatoms. The van der Waals surface area contributed by atoms with Crippen LogP contribution in [-0.4, -0.2) is 69.3 Å². The number of aromatic nitrogens is 3. The van der Waals surface area contributed by atoms with Gasteiger partial charge in [-0.1, -0.05) is 0 Å². The average molecular weight is 355 g/mol. The summed E-state index contributed by atoms with van der Waals surface area (Å²) < 4.78 is 5.67. The Balaban J connectivity index is 1.52. The summed E-state index contributed by atoms with van der Waals surface area (Å²) in [4.78, 5) is 26.7. The number of hydrogen-bond acceptors (Lipinski definition) is 7. The number of rotatable bonds is 5. The van der Waals surface area contributed by atoms with Crippen molar-refractivity contribution in [1.29, 1.82) is 0 Å². The molecule has 2 saturated heterocycles. The Morgan fingerprint density at radius 1 is 1.15 bits per heavy atom. The van der Waals surface area contributed by atoms with Crippen LogP contribution in [0.25, 0.3) is 11.4 Å². The summed E-state index contributed by atoms with van der Waals surface area (Å²) in [6.45, 7) is 3.57. The van der Waals surface area contributed by atoms with E-state index in [2.05, 4.69) is 25.2 Å². The molecule has 136 valence electrons. The zero-order valence-electron chi connectivity index (χ0n) is 14.3. The van der Waals surface area contributed by atoms with Crippen LogP contribution in [0.1, 0.15) is 23.2 Å². The number of hydrogen-bond donors (Lipinski definition) is 2. The number of ether oxygens (including phenoxy) is 1. The van der Waals surface area contributed by atoms with E-state index in [-0.39, 0.29) is 11.6 Å². The molecule has 4 heterocycles. The second kappa shape index (κ2) is 7.35. The molecule has 0 spiro atoms. The lowest BCUT2D eigenvalue weighted by molar-refractivity contribution is 0.0697. The third kappa shape index (κ3) is 3.51. The van der Waals surface area contributed by atoms with E-state index in [0.717, 1.165) is 19.7 Å². The fraction of sp³-hybridized carbons (Fsp3) is 0.444. The molecule has 0 aromatic carbocycles. The van der Waals surface area contributed by atoms with E-state index in [1.165, 1.54) is 31.2 Å². The number of anilines is 1. The second-order valence-electron chi connectivity index (χ2n) is 6.60. The van der Waals surface area contributed by atoms with E-state index < -0.39 is 5.97 Å². The first-order valence-electron chi connectivity index (χ1n) is 8.82. The van der Waals surface area contributed by atoms with Gasteiger partial charge in [-0.25, -0.2) is 14.8 Å². The van der Waals surface area contributed by atoms with Gasteiger partial charge in [0.05, 0.1) is 42.2 Å². The van der Waals surface area contributed by atoms with Gasteiger partial charge in [-0.05, 0) is 44.1 Å². The monoisotopic (exact) mass is 355 g/mol. The molecule has 2 aromatic heterocycles. The number of pyridine rings is 1. The van der Waals surface area contributed by atoms with Gasteiger partial charge in [-0.3, -0.25) is 9.88 Å². The molecule has 2 aliphatic rings. The van der Waals surface area contributed by atoms with Crippen LogP contribution < -0.4 is 5.32 Å². The average Bonchev–Trinajstić information content (AvgIpc) is 3.33. The molecule has 0 aliphatic carbocycles. The van der Waals surface area contributed by atoms with Crippen molar-refractivity contribution < 1.29 is 14.6 Å². The molecule has 2 aliphatic heterocycles. The van der Waals surface area contributed by atoms with Crippen molar-refractivity contribution in [3.63, 3.8) is 0 Å². The van der Waals surface area contributed by atoms with Crippen molar-refractivity contribution in [2.45, 2.75) is 24.9 Å². The number of carboxylic acids is 1. The molecule has 0 saturated carbocycles. The Bertz CT molecular complexity index is 794. The largest absolute Gasteiger partial charge is 0.478 e. The molecule has 2 aromatic rings. The predicted octanol–water partition coefficient (Wildman–Crippen LogP) is 1.51. The highest BCUT2D eigenvalue weighted by Crippen LogP contribution is 2.22. The molecule has 2 N–H and O–H groups in total. The molecular formula is C18H21N5O3. The molecule has 8 nitrogen and oxygen atoms in total. The predicted molar refractivity (Wildman–Crippen MR) is 95.0 cm³/mol. The summed E-state index contributed by atoms with van der Waals surface area (Å²) in [6.07, 6.45) is 5.60. The van der Waals surface area contributed by atoms with Crippen molar-refractivity contribution in [3.05, 3.63) is 36.2 Å². The number of likely N-dealkylation sites (tertiary alicyclic amines) is 1. The van der Waals surface area contributed by atoms with Crippen molar-refractivity contribution in [3.8, 4) is 11.4 Å². The molecule has 26 heavy (non-hydrogen) atoms. The molecule has 4 rings (SSSR count). The highest BCUT2D eigenvalue weighted by atomic mass is 16.5. The Hall–Kier alpha value is -2.58. The van der Waals surface area contributed by atoms with E-state index in [0.29, 0.717) is 30.0 Å². The first-order chi connectivity index (χ1) is 12.7. The highest BCUT2D eigenvalue weighted by molar-refractivity contribution is 5.88. The smallest absolute Gasteiger partial charge is 0.335 e. The summed E-state index contributed by atoms with van der Waals surface area (Å²) >= 11 is 0. The summed E-state index contributed by atoms with van der Waals surface area (Å²) in [5.74, 6) is -0.484. The van der Waals surface area contributed by atoms with E-state index >= 15 is 0 Å². The van der Waals surface area contributed by atoms with Crippen molar-refractivity contribution >= 4 is 11.9 Å². The Kier molecular flexibility index (Phi) is 4.77. The van der Waals surface area contributed by atoms with E-state index in [4.69, 9.17) is 9.84 Å². The van der Waals surface area contributed by atoms with Crippen LogP contribution >= 0.6 is 0 Å². The molecule has 0 unspecified atom stereocenters. The second-order valence-corrected chi connectivity index (χ2v) is 6.60. The van der Waals surface area contributed by atoms with Crippen LogP contribution in [0.15, 0.2) is 30.6 Å². The van der Waals surface area contributed by atoms with Crippen molar-refractivity contribution in [2.75, 3.05) is 31.6 Å². The quantitative estimate of drug-likeness (QED) is 0.832. The van der Waals surface area contributed by atoms with Crippen molar-refractivity contribution in [1.82, 2.24) is 19.9 Å². The molecule has 2 fully saturated rings. The maximum atomic E-state index is 11.2. The molecule has 0 radical (unpaired) electrons. The van der Waals surface area contributed by atoms with Gasteiger partial charge < -0.3 is 15.2 Å². The fourth-order valence-corrected chi connectivity index (χ4v) is 3.55. The Morgan fingerprint density at radius 3 is 2.77 bits per heavy atom. The number of carbonyl (C=O) groups is 1. The first-order valence-corrected chi connectivity index (χ1v) is 8.82. The van der Waals surface area contributed by atoms with Crippen molar-refractivity contribution in [2.24, 2.45) is 0 Å². The standard InChI is InChI=1S/C18H21N5O3/c24-17(25)12-3-5-19-14(9-12)13-4-6-20-18(21-13)22-15-10-26-11-16(15)23-7-1-2-8-23/h3-6,9,15-16H,1-2,7-8,10-11H2,(H,24,25)(H,20,21,22)/t15-,16-/m0/s1. The number of carboxylic acid groups (broad SMARTS) is 1. The molecular weight excluding hydrogens is 334 g/mol. The van der Waals surface area contributed by atoms with Gasteiger partial charge in [0.1, 0.15) is 0 Å². The van der Waals surface area contributed by atoms with Gasteiger partial charge in [0.25, 0.3) is 0 Å². The van der Waals surface area contributed by atoms with Crippen LogP contribution in [0.2, 0.25) is 0 Å². The highest BCUT2D eigenvalue weighted by Gasteiger charge is 2.34. The summed E-state index contributed by atoms with van der Waals surface area (Å²) in [6, 6.07) is 5.17. The first kappa shape index (κ1) is 16.9. The number of nitrogens with zero attached hydrogens (tertiary/aromatic N) is 4. The summed E-state index contributed by atoms with van der Waals surface area (Å²) in [7, 11) is 0. The van der Waals surface area contributed by atoms with Gasteiger partial charge in [-0.2, -0.15) is 0 Å². The third-order valence-corrected chi connectivity index (χ3v) is 4.90. The van der Waals surface area contributed by atoms with E-state index in [1.54, 1.807) is 12.3 Å². The molecule has 0 amide bonds. The maximum absolute atomic E-state index is 11.2. The van der Waals surface area contributed by atoms with Crippen LogP contribution in [0.5, 0.6) is 0 Å². The van der Waals surface area contributed by atoms with Gasteiger partial charge in [0.15, 0.2) is 0 Å². The molecule has 2 atom stereocenters. The fourth-order valence-electron chi connectivity index (χ4n) is 3.55. The lowest BCUT2D eigenvalue weighted by Gasteiger charge is -2.27. The van der Waals surface area contributed by atoms with Gasteiger partial charge in [-0.15, -0.1) is 0 Å². The minimum atomic E-state index is -0.988. The van der Waals surface area contributed by atoms with Crippen LogP contribution in [0.3, 0.4) is 0 Å². The Labute approximate surface area is 151 Å². The normalized spacial score (nSPS) is 23.2. The summed E-state index contributed by atoms with van der Waals surface area (Å²) in [5.41, 5.74) is 1.28. The lowest BCUT2D eigenvalue weighted by atomic mass is 10.1. The Morgan fingerprint density at radius 2 is 1.96 bits per heavy atom. The lowest BCUT2D eigenvalue weighted by Crippen LogP contribution is -2.45. The van der Waals surface area contributed by atoms with E-state index in [9.17, 15) is 4.79 Å². The number of nitrogens with one attached hydrogen (secondary N) is 1. The SMILES string of the molecule is O=C(O)c1ccnc(-c2ccnc(N[C@H]3COC[C@@H]3N3CCCC3)n2)c1. The van der Waals surface area contributed by atoms with Gasteiger partial charge in [0, 0.05) is 12.4 Å². The van der Waals surface area contributed by atoms with Gasteiger partial charge in [0.2, 0.25) is 5.95 Å². The maximum Gasteiger partial charge on any atom is 0.335 e. The zero-order chi connectivity index (χ0) is 17.9. The topological polar surface area (TPSA) is 100 Å². The minimum Gasteiger partial charge on any atom is -0.478 e. The molecule has 0 bridgehead atoms. The third-order valence-electron chi connectivity index (χ3n) is 4.90. The minimum absolute atomic E-state index is 0.140. The van der Waals surface area contributed by atoms with Gasteiger partial charge >= 0.3 is 5.97 Å².